The first-order valence-electron chi connectivity index (χ1n) is 8.56. The highest BCUT2D eigenvalue weighted by molar-refractivity contribution is 7.89. The Balaban J connectivity index is 1.78. The third-order valence-corrected chi connectivity index (χ3v) is 7.32. The summed E-state index contributed by atoms with van der Waals surface area (Å²) in [4.78, 5) is 17.0. The van der Waals surface area contributed by atoms with Crippen molar-refractivity contribution < 1.29 is 17.9 Å². The zero-order valence-corrected chi connectivity index (χ0v) is 17.6. The van der Waals surface area contributed by atoms with E-state index in [-0.39, 0.29) is 16.8 Å². The molecule has 1 aromatic heterocycles. The number of methoxy groups -OCH3 is 1. The van der Waals surface area contributed by atoms with E-state index in [4.69, 9.17) is 4.74 Å². The van der Waals surface area contributed by atoms with E-state index in [1.165, 1.54) is 47.0 Å². The number of benzene rings is 2. The molecule has 0 unspecified atom stereocenters. The summed E-state index contributed by atoms with van der Waals surface area (Å²) in [5, 5.41) is 3.21. The second kappa shape index (κ2) is 7.86. The van der Waals surface area contributed by atoms with Crippen molar-refractivity contribution in [1.29, 1.82) is 0 Å². The zero-order valence-electron chi connectivity index (χ0n) is 16.0. The third-order valence-electron chi connectivity index (χ3n) is 4.34. The number of sulfonamides is 1. The number of carbonyl (C=O) groups is 1. The Morgan fingerprint density at radius 1 is 1.18 bits per heavy atom. The monoisotopic (exact) mass is 419 g/mol. The summed E-state index contributed by atoms with van der Waals surface area (Å²) < 4.78 is 32.4. The second-order valence-electron chi connectivity index (χ2n) is 6.45. The summed E-state index contributed by atoms with van der Waals surface area (Å²) in [6.07, 6.45) is 0. The first kappa shape index (κ1) is 20.2. The van der Waals surface area contributed by atoms with Crippen LogP contribution >= 0.6 is 11.3 Å². The summed E-state index contributed by atoms with van der Waals surface area (Å²) in [6.45, 7) is 3.60. The van der Waals surface area contributed by atoms with Gasteiger partial charge in [0.05, 0.1) is 22.2 Å². The minimum atomic E-state index is -3.58. The van der Waals surface area contributed by atoms with Crippen LogP contribution in [0.4, 0.5) is 5.13 Å². The minimum Gasteiger partial charge on any atom is -0.497 e. The van der Waals surface area contributed by atoms with Gasteiger partial charge in [0.25, 0.3) is 5.91 Å². The Morgan fingerprint density at radius 2 is 1.86 bits per heavy atom. The Kier molecular flexibility index (Phi) is 5.69. The fourth-order valence-electron chi connectivity index (χ4n) is 2.48. The molecule has 3 aromatic rings. The van der Waals surface area contributed by atoms with Crippen LogP contribution in [-0.2, 0) is 10.0 Å². The quantitative estimate of drug-likeness (QED) is 0.660. The van der Waals surface area contributed by atoms with Gasteiger partial charge in [-0.2, -0.15) is 4.31 Å². The highest BCUT2D eigenvalue weighted by atomic mass is 32.2. The van der Waals surface area contributed by atoms with Crippen molar-refractivity contribution in [3.63, 3.8) is 0 Å². The minimum absolute atomic E-state index is 0.146. The predicted octanol–water partition coefficient (Wildman–Crippen LogP) is 3.59. The molecular formula is C19H21N3O4S2. The van der Waals surface area contributed by atoms with Crippen molar-refractivity contribution in [2.45, 2.75) is 24.8 Å². The SMILES string of the molecule is COc1ccc2nc(NC(=O)c3ccc(S(=O)(=O)N(C)C(C)C)cc3)sc2c1. The van der Waals surface area contributed by atoms with E-state index < -0.39 is 10.0 Å². The van der Waals surface area contributed by atoms with Gasteiger partial charge in [-0.25, -0.2) is 13.4 Å². The van der Waals surface area contributed by atoms with E-state index in [0.29, 0.717) is 10.7 Å². The number of ether oxygens (including phenoxy) is 1. The number of amides is 1. The van der Waals surface area contributed by atoms with Gasteiger partial charge < -0.3 is 4.74 Å². The van der Waals surface area contributed by atoms with Crippen LogP contribution in [0.2, 0.25) is 0 Å². The normalized spacial score (nSPS) is 11.9. The van der Waals surface area contributed by atoms with Gasteiger partial charge in [0, 0.05) is 18.7 Å². The number of thiazole rings is 1. The van der Waals surface area contributed by atoms with Crippen molar-refractivity contribution in [2.24, 2.45) is 0 Å². The van der Waals surface area contributed by atoms with Crippen molar-refractivity contribution in [3.05, 3.63) is 48.0 Å². The van der Waals surface area contributed by atoms with E-state index in [1.807, 2.05) is 12.1 Å². The molecule has 0 aliphatic heterocycles. The van der Waals surface area contributed by atoms with Crippen molar-refractivity contribution >= 4 is 42.6 Å². The smallest absolute Gasteiger partial charge is 0.257 e. The summed E-state index contributed by atoms with van der Waals surface area (Å²) in [5.41, 5.74) is 1.11. The van der Waals surface area contributed by atoms with Gasteiger partial charge in [-0.1, -0.05) is 11.3 Å². The molecule has 0 spiro atoms. The van der Waals surface area contributed by atoms with E-state index >= 15 is 0 Å². The Bertz CT molecular complexity index is 1110. The molecule has 148 valence electrons. The molecule has 0 bridgehead atoms. The van der Waals surface area contributed by atoms with Gasteiger partial charge >= 0.3 is 0 Å². The van der Waals surface area contributed by atoms with Gasteiger partial charge in [-0.05, 0) is 56.3 Å². The van der Waals surface area contributed by atoms with Crippen LogP contribution < -0.4 is 10.1 Å². The molecule has 1 heterocycles. The van der Waals surface area contributed by atoms with E-state index in [9.17, 15) is 13.2 Å². The van der Waals surface area contributed by atoms with Gasteiger partial charge in [0.15, 0.2) is 5.13 Å². The number of fused-ring (bicyclic) bond motifs is 1. The average molecular weight is 420 g/mol. The predicted molar refractivity (Wildman–Crippen MR) is 111 cm³/mol. The fourth-order valence-corrected chi connectivity index (χ4v) is 4.73. The lowest BCUT2D eigenvalue weighted by Gasteiger charge is -2.20. The van der Waals surface area contributed by atoms with Crippen LogP contribution in [0.1, 0.15) is 24.2 Å². The summed E-state index contributed by atoms with van der Waals surface area (Å²) >= 11 is 1.34. The van der Waals surface area contributed by atoms with Crippen LogP contribution in [0, 0.1) is 0 Å². The summed E-state index contributed by atoms with van der Waals surface area (Å²) in [6, 6.07) is 11.2. The lowest BCUT2D eigenvalue weighted by Crippen LogP contribution is -2.33. The Labute approximate surface area is 168 Å². The zero-order chi connectivity index (χ0) is 20.5. The van der Waals surface area contributed by atoms with E-state index in [1.54, 1.807) is 27.0 Å². The summed E-state index contributed by atoms with van der Waals surface area (Å²) in [7, 11) is -0.463. The lowest BCUT2D eigenvalue weighted by molar-refractivity contribution is 0.102. The van der Waals surface area contributed by atoms with Gasteiger partial charge in [0.1, 0.15) is 5.75 Å². The molecule has 28 heavy (non-hydrogen) atoms. The molecule has 9 heteroatoms. The van der Waals surface area contributed by atoms with Crippen LogP contribution in [0.25, 0.3) is 10.2 Å². The third kappa shape index (κ3) is 4.01. The highest BCUT2D eigenvalue weighted by Gasteiger charge is 2.23. The molecule has 0 atom stereocenters. The molecule has 0 fully saturated rings. The number of carbonyl (C=O) groups excluding carboxylic acids is 1. The Hall–Kier alpha value is -2.49. The molecule has 0 aliphatic carbocycles. The van der Waals surface area contributed by atoms with Gasteiger partial charge in [-0.3, -0.25) is 10.1 Å². The molecule has 1 N–H and O–H groups in total. The fraction of sp³-hybridized carbons (Fsp3) is 0.263. The molecule has 3 rings (SSSR count). The van der Waals surface area contributed by atoms with Crippen LogP contribution in [0.5, 0.6) is 5.75 Å². The van der Waals surface area contributed by atoms with E-state index in [2.05, 4.69) is 10.3 Å². The number of hydrogen-bond acceptors (Lipinski definition) is 6. The van der Waals surface area contributed by atoms with Crippen molar-refractivity contribution in [1.82, 2.24) is 9.29 Å². The van der Waals surface area contributed by atoms with Gasteiger partial charge in [-0.15, -0.1) is 0 Å². The molecule has 0 saturated heterocycles. The first-order valence-corrected chi connectivity index (χ1v) is 10.8. The standard InChI is InChI=1S/C19H21N3O4S2/c1-12(2)22(3)28(24,25)15-8-5-13(6-9-15)18(23)21-19-20-16-10-7-14(26-4)11-17(16)27-19/h5-12H,1-4H3,(H,20,21,23). The second-order valence-corrected chi connectivity index (χ2v) is 9.47. The number of nitrogens with one attached hydrogen (secondary N) is 1. The molecule has 0 aliphatic rings. The molecular weight excluding hydrogens is 398 g/mol. The number of hydrogen-bond donors (Lipinski definition) is 1. The molecule has 7 nitrogen and oxygen atoms in total. The topological polar surface area (TPSA) is 88.6 Å². The molecule has 0 saturated carbocycles. The maximum Gasteiger partial charge on any atom is 0.257 e. The maximum absolute atomic E-state index is 12.5. The highest BCUT2D eigenvalue weighted by Crippen LogP contribution is 2.29. The largest absolute Gasteiger partial charge is 0.497 e. The lowest BCUT2D eigenvalue weighted by atomic mass is 10.2. The number of nitrogens with zero attached hydrogens (tertiary/aromatic N) is 2. The van der Waals surface area contributed by atoms with Gasteiger partial charge in [0.2, 0.25) is 10.0 Å². The van der Waals surface area contributed by atoms with E-state index in [0.717, 1.165) is 16.0 Å². The maximum atomic E-state index is 12.5. The van der Waals surface area contributed by atoms with Crippen LogP contribution in [0.15, 0.2) is 47.4 Å². The first-order chi connectivity index (χ1) is 13.2. The van der Waals surface area contributed by atoms with Crippen molar-refractivity contribution in [2.75, 3.05) is 19.5 Å². The number of aromatic nitrogens is 1. The molecule has 1 amide bonds. The average Bonchev–Trinajstić information content (AvgIpc) is 3.08. The number of rotatable bonds is 6. The van der Waals surface area contributed by atoms with Crippen LogP contribution in [0.3, 0.4) is 0 Å². The molecule has 0 radical (unpaired) electrons. The van der Waals surface area contributed by atoms with Crippen molar-refractivity contribution in [3.8, 4) is 5.75 Å². The number of anilines is 1. The molecule has 2 aromatic carbocycles. The Morgan fingerprint density at radius 3 is 2.46 bits per heavy atom. The summed E-state index contributed by atoms with van der Waals surface area (Å²) in [5.74, 6) is 0.365. The van der Waals surface area contributed by atoms with Crippen LogP contribution in [-0.4, -0.2) is 43.8 Å².